The Morgan fingerprint density at radius 3 is 3.00 bits per heavy atom. The SMILES string of the molecule is CC(=O)SCCC#Cc1cccc(O)c1. The third kappa shape index (κ3) is 5.14. The summed E-state index contributed by atoms with van der Waals surface area (Å²) in [5, 5.41) is 9.29. The second-order valence-corrected chi connectivity index (χ2v) is 4.21. The zero-order valence-electron chi connectivity index (χ0n) is 8.49. The highest BCUT2D eigenvalue weighted by atomic mass is 32.2. The summed E-state index contributed by atoms with van der Waals surface area (Å²) in [7, 11) is 0. The minimum atomic E-state index is 0.120. The topological polar surface area (TPSA) is 37.3 Å². The molecule has 0 bridgehead atoms. The maximum absolute atomic E-state index is 10.6. The summed E-state index contributed by atoms with van der Waals surface area (Å²) in [6.45, 7) is 1.55. The molecule has 0 aliphatic heterocycles. The Morgan fingerprint density at radius 1 is 1.53 bits per heavy atom. The van der Waals surface area contributed by atoms with Crippen LogP contribution in [0, 0.1) is 11.8 Å². The smallest absolute Gasteiger partial charge is 0.185 e. The maximum atomic E-state index is 10.6. The number of carbonyl (C=O) groups excluding carboxylic acids is 1. The second kappa shape index (κ2) is 6.15. The van der Waals surface area contributed by atoms with E-state index in [1.807, 2.05) is 6.07 Å². The minimum Gasteiger partial charge on any atom is -0.508 e. The Bertz CT molecular complexity index is 402. The van der Waals surface area contributed by atoms with Gasteiger partial charge in [-0.25, -0.2) is 0 Å². The lowest BCUT2D eigenvalue weighted by Gasteiger charge is -1.92. The summed E-state index contributed by atoms with van der Waals surface area (Å²) in [6.07, 6.45) is 0.680. The number of phenols is 1. The standard InChI is InChI=1S/C12H12O2S/c1-10(13)15-8-3-2-5-11-6-4-7-12(14)9-11/h4,6-7,9,14H,3,8H2,1H3. The van der Waals surface area contributed by atoms with Crippen LogP contribution >= 0.6 is 11.8 Å². The number of hydrogen-bond acceptors (Lipinski definition) is 3. The van der Waals surface area contributed by atoms with Crippen LogP contribution in [-0.4, -0.2) is 16.0 Å². The van der Waals surface area contributed by atoms with Gasteiger partial charge in [0.15, 0.2) is 5.12 Å². The number of benzene rings is 1. The van der Waals surface area contributed by atoms with Crippen molar-refractivity contribution in [3.63, 3.8) is 0 Å². The third-order valence-electron chi connectivity index (χ3n) is 1.61. The molecule has 0 aliphatic carbocycles. The number of thioether (sulfide) groups is 1. The van der Waals surface area contributed by atoms with E-state index in [9.17, 15) is 9.90 Å². The van der Waals surface area contributed by atoms with Gasteiger partial charge in [0.05, 0.1) is 0 Å². The first-order valence-corrected chi connectivity index (χ1v) is 5.58. The van der Waals surface area contributed by atoms with Gasteiger partial charge in [0.2, 0.25) is 0 Å². The first kappa shape index (κ1) is 11.7. The molecule has 78 valence electrons. The lowest BCUT2D eigenvalue weighted by atomic mass is 10.2. The molecule has 0 saturated carbocycles. The Morgan fingerprint density at radius 2 is 2.33 bits per heavy atom. The lowest BCUT2D eigenvalue weighted by molar-refractivity contribution is -0.109. The predicted molar refractivity (Wildman–Crippen MR) is 62.7 cm³/mol. The highest BCUT2D eigenvalue weighted by Crippen LogP contribution is 2.09. The van der Waals surface area contributed by atoms with Gasteiger partial charge in [-0.05, 0) is 18.2 Å². The summed E-state index contributed by atoms with van der Waals surface area (Å²) < 4.78 is 0. The van der Waals surface area contributed by atoms with E-state index in [1.54, 1.807) is 25.1 Å². The summed E-state index contributed by atoms with van der Waals surface area (Å²) in [4.78, 5) is 10.6. The van der Waals surface area contributed by atoms with E-state index in [1.165, 1.54) is 11.8 Å². The summed E-state index contributed by atoms with van der Waals surface area (Å²) in [5.41, 5.74) is 0.794. The largest absolute Gasteiger partial charge is 0.508 e. The van der Waals surface area contributed by atoms with Crippen molar-refractivity contribution in [1.82, 2.24) is 0 Å². The molecular weight excluding hydrogens is 208 g/mol. The number of phenolic OH excluding ortho intramolecular Hbond substituents is 1. The first-order chi connectivity index (χ1) is 7.18. The van der Waals surface area contributed by atoms with Crippen molar-refractivity contribution in [2.45, 2.75) is 13.3 Å². The molecule has 1 N–H and O–H groups in total. The first-order valence-electron chi connectivity index (χ1n) is 4.60. The third-order valence-corrected chi connectivity index (χ3v) is 2.43. The van der Waals surface area contributed by atoms with E-state index in [-0.39, 0.29) is 10.9 Å². The van der Waals surface area contributed by atoms with Crippen molar-refractivity contribution < 1.29 is 9.90 Å². The number of carbonyl (C=O) groups is 1. The van der Waals surface area contributed by atoms with Crippen LogP contribution in [0.15, 0.2) is 24.3 Å². The Labute approximate surface area is 93.7 Å². The van der Waals surface area contributed by atoms with Crippen molar-refractivity contribution in [3.8, 4) is 17.6 Å². The zero-order chi connectivity index (χ0) is 11.1. The Balaban J connectivity index is 2.41. The monoisotopic (exact) mass is 220 g/mol. The quantitative estimate of drug-likeness (QED) is 0.614. The van der Waals surface area contributed by atoms with Gasteiger partial charge in [-0.1, -0.05) is 29.7 Å². The molecule has 0 unspecified atom stereocenters. The van der Waals surface area contributed by atoms with Gasteiger partial charge >= 0.3 is 0 Å². The fraction of sp³-hybridized carbons (Fsp3) is 0.250. The summed E-state index contributed by atoms with van der Waals surface area (Å²) in [6, 6.07) is 6.82. The minimum absolute atomic E-state index is 0.120. The highest BCUT2D eigenvalue weighted by Gasteiger charge is 1.91. The summed E-state index contributed by atoms with van der Waals surface area (Å²) in [5.74, 6) is 6.82. The van der Waals surface area contributed by atoms with Crippen LogP contribution in [0.3, 0.4) is 0 Å². The molecule has 15 heavy (non-hydrogen) atoms. The van der Waals surface area contributed by atoms with Crippen molar-refractivity contribution in [1.29, 1.82) is 0 Å². The van der Waals surface area contributed by atoms with Crippen molar-refractivity contribution in [3.05, 3.63) is 29.8 Å². The fourth-order valence-corrected chi connectivity index (χ4v) is 1.49. The number of hydrogen-bond donors (Lipinski definition) is 1. The van der Waals surface area contributed by atoms with Crippen molar-refractivity contribution >= 4 is 16.9 Å². The molecule has 0 heterocycles. The van der Waals surface area contributed by atoms with E-state index in [4.69, 9.17) is 0 Å². The van der Waals surface area contributed by atoms with Gasteiger partial charge in [0.25, 0.3) is 0 Å². The van der Waals surface area contributed by atoms with Crippen LogP contribution in [0.2, 0.25) is 0 Å². The average Bonchev–Trinajstić information content (AvgIpc) is 2.17. The van der Waals surface area contributed by atoms with Crippen LogP contribution in [0.5, 0.6) is 5.75 Å². The second-order valence-electron chi connectivity index (χ2n) is 2.94. The van der Waals surface area contributed by atoms with Gasteiger partial charge in [-0.3, -0.25) is 4.79 Å². The van der Waals surface area contributed by atoms with E-state index < -0.39 is 0 Å². The predicted octanol–water partition coefficient (Wildman–Crippen LogP) is 2.41. The molecule has 1 aromatic carbocycles. The average molecular weight is 220 g/mol. The zero-order valence-corrected chi connectivity index (χ0v) is 9.30. The molecule has 0 amide bonds. The van der Waals surface area contributed by atoms with Crippen LogP contribution < -0.4 is 0 Å². The van der Waals surface area contributed by atoms with E-state index >= 15 is 0 Å². The number of aromatic hydroxyl groups is 1. The Hall–Kier alpha value is -1.40. The molecular formula is C12H12O2S. The molecule has 1 aromatic rings. The molecule has 2 nitrogen and oxygen atoms in total. The van der Waals surface area contributed by atoms with Gasteiger partial charge in [-0.15, -0.1) is 0 Å². The summed E-state index contributed by atoms with van der Waals surface area (Å²) >= 11 is 1.28. The maximum Gasteiger partial charge on any atom is 0.185 e. The molecule has 0 saturated heterocycles. The van der Waals surface area contributed by atoms with Crippen molar-refractivity contribution in [2.24, 2.45) is 0 Å². The van der Waals surface area contributed by atoms with E-state index in [2.05, 4.69) is 11.8 Å². The van der Waals surface area contributed by atoms with E-state index in [0.29, 0.717) is 6.42 Å². The molecule has 0 aliphatic rings. The Kier molecular flexibility index (Phi) is 4.79. The molecule has 0 radical (unpaired) electrons. The molecule has 1 rings (SSSR count). The van der Waals surface area contributed by atoms with Crippen LogP contribution in [0.25, 0.3) is 0 Å². The van der Waals surface area contributed by atoms with Gasteiger partial charge in [-0.2, -0.15) is 0 Å². The van der Waals surface area contributed by atoms with Gasteiger partial charge < -0.3 is 5.11 Å². The van der Waals surface area contributed by atoms with Gasteiger partial charge in [0.1, 0.15) is 5.75 Å². The molecule has 0 spiro atoms. The van der Waals surface area contributed by atoms with Crippen LogP contribution in [-0.2, 0) is 4.79 Å². The molecule has 0 aromatic heterocycles. The highest BCUT2D eigenvalue weighted by molar-refractivity contribution is 8.13. The fourth-order valence-electron chi connectivity index (χ4n) is 0.994. The normalized spacial score (nSPS) is 9.13. The number of rotatable bonds is 2. The molecule has 0 fully saturated rings. The van der Waals surface area contributed by atoms with Crippen LogP contribution in [0.1, 0.15) is 18.9 Å². The van der Waals surface area contributed by atoms with Gasteiger partial charge in [0, 0.05) is 24.7 Å². The molecule has 0 atom stereocenters. The van der Waals surface area contributed by atoms with E-state index in [0.717, 1.165) is 11.3 Å². The van der Waals surface area contributed by atoms with Crippen LogP contribution in [0.4, 0.5) is 0 Å². The lowest BCUT2D eigenvalue weighted by Crippen LogP contribution is -1.84. The van der Waals surface area contributed by atoms with Crippen molar-refractivity contribution in [2.75, 3.05) is 5.75 Å². The molecule has 3 heteroatoms.